The molecule has 0 radical (unpaired) electrons. The number of aryl methyl sites for hydroxylation is 1. The molecule has 3 rings (SSSR count). The van der Waals surface area contributed by atoms with E-state index in [1.165, 1.54) is 0 Å². The number of carbonyl (C=O) groups excluding carboxylic acids is 2. The Morgan fingerprint density at radius 1 is 1.32 bits per heavy atom. The van der Waals surface area contributed by atoms with Gasteiger partial charge in [-0.15, -0.1) is 0 Å². The first kappa shape index (κ1) is 20.0. The van der Waals surface area contributed by atoms with Gasteiger partial charge in [-0.1, -0.05) is 25.4 Å². The minimum Gasteiger partial charge on any atom is -0.483 e. The van der Waals surface area contributed by atoms with Gasteiger partial charge >= 0.3 is 0 Å². The smallest absolute Gasteiger partial charge is 0.265 e. The Kier molecular flexibility index (Phi) is 5.79. The molecular weight excluding hydrogens is 380 g/mol. The van der Waals surface area contributed by atoms with Gasteiger partial charge in [0.15, 0.2) is 12.7 Å². The maximum atomic E-state index is 12.3. The van der Waals surface area contributed by atoms with E-state index in [1.807, 2.05) is 32.9 Å². The van der Waals surface area contributed by atoms with Crippen molar-refractivity contribution in [3.63, 3.8) is 0 Å². The quantitative estimate of drug-likeness (QED) is 0.771. The van der Waals surface area contributed by atoms with Gasteiger partial charge in [0.25, 0.3) is 11.8 Å². The summed E-state index contributed by atoms with van der Waals surface area (Å²) in [5.74, 6) is 0.895. The standard InChI is InChI=1S/C21H23ClN2O4/c1-11(2)15-9-16(22)12(3)7-19(15)27-10-20(25)23-14-5-6-18-17(8-14)24-21(26)13(4)28-18/h5-9,11,13H,10H2,1-4H3,(H,23,25)(H,24,26)/t13-/m0/s1. The fourth-order valence-corrected chi connectivity index (χ4v) is 3.05. The number of amides is 2. The number of ether oxygens (including phenoxy) is 2. The van der Waals surface area contributed by atoms with E-state index in [2.05, 4.69) is 10.6 Å². The molecule has 1 heterocycles. The summed E-state index contributed by atoms with van der Waals surface area (Å²) in [4.78, 5) is 24.1. The SMILES string of the molecule is Cc1cc(OCC(=O)Nc2ccc3c(c2)NC(=O)[C@H](C)O3)c(C(C)C)cc1Cl. The van der Waals surface area contributed by atoms with Gasteiger partial charge in [0, 0.05) is 10.7 Å². The lowest BCUT2D eigenvalue weighted by molar-refractivity contribution is -0.122. The molecule has 0 bridgehead atoms. The van der Waals surface area contributed by atoms with Crippen molar-refractivity contribution < 1.29 is 19.1 Å². The van der Waals surface area contributed by atoms with Crippen molar-refractivity contribution in [2.24, 2.45) is 0 Å². The summed E-state index contributed by atoms with van der Waals surface area (Å²) < 4.78 is 11.3. The molecule has 0 saturated carbocycles. The van der Waals surface area contributed by atoms with E-state index in [1.54, 1.807) is 25.1 Å². The number of carbonyl (C=O) groups is 2. The second-order valence-electron chi connectivity index (χ2n) is 7.09. The van der Waals surface area contributed by atoms with Gasteiger partial charge in [0.05, 0.1) is 5.69 Å². The molecule has 6 nitrogen and oxygen atoms in total. The maximum Gasteiger partial charge on any atom is 0.265 e. The summed E-state index contributed by atoms with van der Waals surface area (Å²) in [5.41, 5.74) is 2.91. The molecule has 28 heavy (non-hydrogen) atoms. The molecule has 0 aliphatic carbocycles. The average Bonchev–Trinajstić information content (AvgIpc) is 2.63. The molecule has 7 heteroatoms. The molecule has 1 aliphatic heterocycles. The number of hydrogen-bond donors (Lipinski definition) is 2. The number of hydrogen-bond acceptors (Lipinski definition) is 4. The Bertz CT molecular complexity index is 927. The van der Waals surface area contributed by atoms with Crippen LogP contribution in [0.1, 0.15) is 37.8 Å². The van der Waals surface area contributed by atoms with E-state index < -0.39 is 6.10 Å². The zero-order valence-electron chi connectivity index (χ0n) is 16.3. The van der Waals surface area contributed by atoms with Crippen LogP contribution in [-0.4, -0.2) is 24.5 Å². The average molecular weight is 403 g/mol. The van der Waals surface area contributed by atoms with Crippen LogP contribution in [0.5, 0.6) is 11.5 Å². The lowest BCUT2D eigenvalue weighted by Gasteiger charge is -2.23. The summed E-state index contributed by atoms with van der Waals surface area (Å²) in [6, 6.07) is 8.80. The molecule has 2 aromatic carbocycles. The highest BCUT2D eigenvalue weighted by molar-refractivity contribution is 6.31. The topological polar surface area (TPSA) is 76.7 Å². The Hall–Kier alpha value is -2.73. The zero-order valence-corrected chi connectivity index (χ0v) is 17.0. The summed E-state index contributed by atoms with van der Waals surface area (Å²) >= 11 is 6.20. The lowest BCUT2D eigenvalue weighted by atomic mass is 10.0. The monoisotopic (exact) mass is 402 g/mol. The Morgan fingerprint density at radius 3 is 2.79 bits per heavy atom. The molecule has 2 N–H and O–H groups in total. The van der Waals surface area contributed by atoms with E-state index in [-0.39, 0.29) is 24.3 Å². The van der Waals surface area contributed by atoms with E-state index in [0.29, 0.717) is 27.9 Å². The molecule has 2 amide bonds. The van der Waals surface area contributed by atoms with Gasteiger partial charge in [-0.05, 0) is 61.2 Å². The van der Waals surface area contributed by atoms with Gasteiger partial charge < -0.3 is 20.1 Å². The first-order valence-corrected chi connectivity index (χ1v) is 9.46. The molecular formula is C21H23ClN2O4. The van der Waals surface area contributed by atoms with Crippen molar-refractivity contribution in [3.05, 3.63) is 46.5 Å². The van der Waals surface area contributed by atoms with E-state index >= 15 is 0 Å². The molecule has 1 atom stereocenters. The predicted octanol–water partition coefficient (Wildman–Crippen LogP) is 4.51. The molecule has 0 fully saturated rings. The van der Waals surface area contributed by atoms with Crippen LogP contribution in [0, 0.1) is 6.92 Å². The second-order valence-corrected chi connectivity index (χ2v) is 7.50. The van der Waals surface area contributed by atoms with E-state index in [4.69, 9.17) is 21.1 Å². The van der Waals surface area contributed by atoms with Crippen molar-refractivity contribution in [1.29, 1.82) is 0 Å². The normalized spacial score (nSPS) is 15.5. The molecule has 1 aliphatic rings. The highest BCUT2D eigenvalue weighted by Gasteiger charge is 2.23. The molecule has 0 aromatic heterocycles. The summed E-state index contributed by atoms with van der Waals surface area (Å²) in [5, 5.41) is 6.19. The second kappa shape index (κ2) is 8.10. The van der Waals surface area contributed by atoms with Crippen LogP contribution in [0.15, 0.2) is 30.3 Å². The third-order valence-electron chi connectivity index (χ3n) is 4.47. The molecule has 2 aromatic rings. The van der Waals surface area contributed by atoms with Gasteiger partial charge in [-0.25, -0.2) is 0 Å². The third kappa shape index (κ3) is 4.39. The van der Waals surface area contributed by atoms with Crippen molar-refractivity contribution in [3.8, 4) is 11.5 Å². The maximum absolute atomic E-state index is 12.3. The molecule has 0 unspecified atom stereocenters. The first-order chi connectivity index (χ1) is 13.2. The third-order valence-corrected chi connectivity index (χ3v) is 4.87. The van der Waals surface area contributed by atoms with Crippen LogP contribution in [0.4, 0.5) is 11.4 Å². The molecule has 0 saturated heterocycles. The predicted molar refractivity (Wildman–Crippen MR) is 110 cm³/mol. The van der Waals surface area contributed by atoms with Crippen LogP contribution in [0.25, 0.3) is 0 Å². The van der Waals surface area contributed by atoms with E-state index in [0.717, 1.165) is 11.1 Å². The van der Waals surface area contributed by atoms with Gasteiger partial charge in [0.1, 0.15) is 11.5 Å². The van der Waals surface area contributed by atoms with Crippen LogP contribution < -0.4 is 20.1 Å². The fraction of sp³-hybridized carbons (Fsp3) is 0.333. The summed E-state index contributed by atoms with van der Waals surface area (Å²) in [6.45, 7) is 7.51. The summed E-state index contributed by atoms with van der Waals surface area (Å²) in [7, 11) is 0. The number of halogens is 1. The number of rotatable bonds is 5. The minimum atomic E-state index is -0.542. The van der Waals surface area contributed by atoms with Crippen molar-refractivity contribution in [2.75, 3.05) is 17.2 Å². The minimum absolute atomic E-state index is 0.141. The number of fused-ring (bicyclic) bond motifs is 1. The largest absolute Gasteiger partial charge is 0.483 e. The molecule has 0 spiro atoms. The van der Waals surface area contributed by atoms with Gasteiger partial charge in [-0.2, -0.15) is 0 Å². The highest BCUT2D eigenvalue weighted by atomic mass is 35.5. The lowest BCUT2D eigenvalue weighted by Crippen LogP contribution is -2.34. The number of nitrogens with one attached hydrogen (secondary N) is 2. The van der Waals surface area contributed by atoms with Crippen LogP contribution >= 0.6 is 11.6 Å². The van der Waals surface area contributed by atoms with Crippen molar-refractivity contribution >= 4 is 34.8 Å². The number of benzene rings is 2. The zero-order chi connectivity index (χ0) is 20.4. The van der Waals surface area contributed by atoms with E-state index in [9.17, 15) is 9.59 Å². The molecule has 148 valence electrons. The van der Waals surface area contributed by atoms with Crippen LogP contribution in [-0.2, 0) is 9.59 Å². The van der Waals surface area contributed by atoms with Gasteiger partial charge in [0.2, 0.25) is 0 Å². The fourth-order valence-electron chi connectivity index (χ4n) is 2.87. The highest BCUT2D eigenvalue weighted by Crippen LogP contribution is 2.33. The van der Waals surface area contributed by atoms with Crippen LogP contribution in [0.3, 0.4) is 0 Å². The summed E-state index contributed by atoms with van der Waals surface area (Å²) in [6.07, 6.45) is -0.542. The number of anilines is 2. The van der Waals surface area contributed by atoms with Crippen LogP contribution in [0.2, 0.25) is 5.02 Å². The Balaban J connectivity index is 1.67. The van der Waals surface area contributed by atoms with Crippen molar-refractivity contribution in [1.82, 2.24) is 0 Å². The first-order valence-electron chi connectivity index (χ1n) is 9.09. The Morgan fingerprint density at radius 2 is 2.07 bits per heavy atom. The Labute approximate surface area is 169 Å². The van der Waals surface area contributed by atoms with Crippen molar-refractivity contribution in [2.45, 2.75) is 39.7 Å². The van der Waals surface area contributed by atoms with Gasteiger partial charge in [-0.3, -0.25) is 9.59 Å².